The number of hydrogen-bond donors (Lipinski definition) is 2. The van der Waals surface area contributed by atoms with Gasteiger partial charge in [0.15, 0.2) is 0 Å². The molecule has 1 atom stereocenters. The number of carbonyl (C=O) groups excluding carboxylic acids is 1. The van der Waals surface area contributed by atoms with Crippen LogP contribution in [0.5, 0.6) is 0 Å². The molecule has 104 valence electrons. The van der Waals surface area contributed by atoms with Gasteiger partial charge in [-0.15, -0.1) is 22.7 Å². The Balaban J connectivity index is 2.10. The van der Waals surface area contributed by atoms with E-state index in [9.17, 15) is 4.79 Å². The third kappa shape index (κ3) is 3.48. The first-order valence-electron chi connectivity index (χ1n) is 6.25. The van der Waals surface area contributed by atoms with Gasteiger partial charge in [0.2, 0.25) is 0 Å². The highest BCUT2D eigenvalue weighted by molar-refractivity contribution is 7.12. The lowest BCUT2D eigenvalue weighted by Gasteiger charge is -2.11. The summed E-state index contributed by atoms with van der Waals surface area (Å²) in [5, 5.41) is 4.88. The number of hydrogen-bond acceptors (Lipinski definition) is 4. The zero-order valence-corrected chi connectivity index (χ0v) is 13.0. The van der Waals surface area contributed by atoms with Gasteiger partial charge in [0.25, 0.3) is 5.91 Å². The van der Waals surface area contributed by atoms with Gasteiger partial charge in [-0.1, -0.05) is 11.8 Å². The molecule has 3 nitrogen and oxygen atoms in total. The predicted octanol–water partition coefficient (Wildman–Crippen LogP) is 2.92. The Labute approximate surface area is 126 Å². The van der Waals surface area contributed by atoms with E-state index >= 15 is 0 Å². The van der Waals surface area contributed by atoms with Crippen molar-refractivity contribution < 1.29 is 4.79 Å². The molecular formula is C15H16N2OS2. The molecule has 5 heteroatoms. The molecule has 20 heavy (non-hydrogen) atoms. The summed E-state index contributed by atoms with van der Waals surface area (Å²) in [6.45, 7) is 4.34. The van der Waals surface area contributed by atoms with Crippen LogP contribution in [0.15, 0.2) is 23.6 Å². The maximum absolute atomic E-state index is 12.3. The maximum Gasteiger partial charge on any atom is 0.263 e. The van der Waals surface area contributed by atoms with E-state index in [0.29, 0.717) is 11.4 Å². The van der Waals surface area contributed by atoms with Gasteiger partial charge in [-0.2, -0.15) is 0 Å². The lowest BCUT2D eigenvalue weighted by molar-refractivity contribution is 0.0944. The molecule has 0 aromatic carbocycles. The van der Waals surface area contributed by atoms with Gasteiger partial charge in [0.1, 0.15) is 4.88 Å². The van der Waals surface area contributed by atoms with Gasteiger partial charge >= 0.3 is 0 Å². The summed E-state index contributed by atoms with van der Waals surface area (Å²) >= 11 is 3.10. The highest BCUT2D eigenvalue weighted by Crippen LogP contribution is 2.23. The predicted molar refractivity (Wildman–Crippen MR) is 85.2 cm³/mol. The van der Waals surface area contributed by atoms with Gasteiger partial charge in [-0.3, -0.25) is 4.79 Å². The fraction of sp³-hybridized carbons (Fsp3) is 0.267. The summed E-state index contributed by atoms with van der Waals surface area (Å²) < 4.78 is 0. The highest BCUT2D eigenvalue weighted by atomic mass is 32.1. The van der Waals surface area contributed by atoms with Crippen LogP contribution in [0, 0.1) is 18.8 Å². The van der Waals surface area contributed by atoms with Crippen molar-refractivity contribution in [3.8, 4) is 11.8 Å². The Hall–Kier alpha value is -1.61. The molecule has 0 fully saturated rings. The molecule has 2 heterocycles. The first-order valence-corrected chi connectivity index (χ1v) is 7.95. The molecule has 1 amide bonds. The van der Waals surface area contributed by atoms with Crippen LogP contribution in [0.25, 0.3) is 0 Å². The molecule has 0 aliphatic carbocycles. The van der Waals surface area contributed by atoms with Crippen LogP contribution in [0.1, 0.15) is 38.0 Å². The van der Waals surface area contributed by atoms with Gasteiger partial charge < -0.3 is 11.1 Å². The molecule has 0 saturated heterocycles. The summed E-state index contributed by atoms with van der Waals surface area (Å²) in [5.41, 5.74) is 6.10. The number of carbonyl (C=O) groups is 1. The number of nitrogens with two attached hydrogens (primary N) is 1. The summed E-state index contributed by atoms with van der Waals surface area (Å²) in [5.74, 6) is 5.63. The fourth-order valence-electron chi connectivity index (χ4n) is 1.75. The summed E-state index contributed by atoms with van der Waals surface area (Å²) in [6.07, 6.45) is 0. The van der Waals surface area contributed by atoms with Crippen LogP contribution in [0.4, 0.5) is 0 Å². The normalized spacial score (nSPS) is 11.6. The minimum atomic E-state index is -0.0834. The SMILES string of the molecule is Cc1ccc(C(C)NC(=O)c2sccc2C#CCN)s1. The molecule has 0 bridgehead atoms. The Morgan fingerprint density at radius 3 is 2.90 bits per heavy atom. The molecule has 3 N–H and O–H groups in total. The van der Waals surface area contributed by atoms with E-state index in [-0.39, 0.29) is 11.9 Å². The summed E-state index contributed by atoms with van der Waals surface area (Å²) in [6, 6.07) is 5.96. The smallest absolute Gasteiger partial charge is 0.263 e. The van der Waals surface area contributed by atoms with E-state index in [4.69, 9.17) is 5.73 Å². The second-order valence-electron chi connectivity index (χ2n) is 4.31. The van der Waals surface area contributed by atoms with Crippen LogP contribution >= 0.6 is 22.7 Å². The van der Waals surface area contributed by atoms with Crippen molar-refractivity contribution in [3.63, 3.8) is 0 Å². The van der Waals surface area contributed by atoms with Crippen molar-refractivity contribution in [2.45, 2.75) is 19.9 Å². The van der Waals surface area contributed by atoms with Crippen LogP contribution in [0.2, 0.25) is 0 Å². The Bertz CT molecular complexity index is 661. The Morgan fingerprint density at radius 2 is 2.25 bits per heavy atom. The van der Waals surface area contributed by atoms with Gasteiger partial charge in [0.05, 0.1) is 12.6 Å². The molecular weight excluding hydrogens is 288 g/mol. The molecule has 0 aliphatic heterocycles. The van der Waals surface area contributed by atoms with Crippen molar-refractivity contribution in [3.05, 3.63) is 43.8 Å². The van der Waals surface area contributed by atoms with Crippen molar-refractivity contribution in [1.82, 2.24) is 5.32 Å². The Morgan fingerprint density at radius 1 is 1.45 bits per heavy atom. The zero-order chi connectivity index (χ0) is 14.5. The molecule has 2 aromatic rings. The lowest BCUT2D eigenvalue weighted by atomic mass is 10.2. The van der Waals surface area contributed by atoms with Crippen LogP contribution in [0.3, 0.4) is 0 Å². The van der Waals surface area contributed by atoms with E-state index in [1.165, 1.54) is 16.2 Å². The van der Waals surface area contributed by atoms with Crippen LogP contribution in [-0.2, 0) is 0 Å². The van der Waals surface area contributed by atoms with Crippen molar-refractivity contribution in [2.75, 3.05) is 6.54 Å². The van der Waals surface area contributed by atoms with Gasteiger partial charge in [-0.05, 0) is 37.4 Å². The zero-order valence-electron chi connectivity index (χ0n) is 11.4. The van der Waals surface area contributed by atoms with E-state index < -0.39 is 0 Å². The monoisotopic (exact) mass is 304 g/mol. The van der Waals surface area contributed by atoms with E-state index in [1.54, 1.807) is 11.3 Å². The Kier molecular flexibility index (Phi) is 4.96. The first kappa shape index (κ1) is 14.8. The highest BCUT2D eigenvalue weighted by Gasteiger charge is 2.16. The average Bonchev–Trinajstić information content (AvgIpc) is 3.04. The van der Waals surface area contributed by atoms with Crippen LogP contribution in [-0.4, -0.2) is 12.5 Å². The van der Waals surface area contributed by atoms with E-state index in [2.05, 4.69) is 36.2 Å². The molecule has 0 spiro atoms. The minimum absolute atomic E-state index is 0.00128. The summed E-state index contributed by atoms with van der Waals surface area (Å²) in [4.78, 5) is 15.3. The average molecular weight is 304 g/mol. The molecule has 0 radical (unpaired) electrons. The van der Waals surface area contributed by atoms with Crippen molar-refractivity contribution >= 4 is 28.6 Å². The molecule has 2 aromatic heterocycles. The van der Waals surface area contributed by atoms with E-state index in [1.807, 2.05) is 18.4 Å². The fourth-order valence-corrected chi connectivity index (χ4v) is 3.38. The van der Waals surface area contributed by atoms with Gasteiger partial charge in [-0.25, -0.2) is 0 Å². The van der Waals surface area contributed by atoms with Gasteiger partial charge in [0, 0.05) is 15.3 Å². The number of nitrogens with one attached hydrogen (secondary N) is 1. The molecule has 0 aliphatic rings. The minimum Gasteiger partial charge on any atom is -0.344 e. The third-order valence-electron chi connectivity index (χ3n) is 2.73. The molecule has 1 unspecified atom stereocenters. The molecule has 0 saturated carbocycles. The quantitative estimate of drug-likeness (QED) is 0.857. The second kappa shape index (κ2) is 6.71. The number of rotatable bonds is 3. The van der Waals surface area contributed by atoms with Crippen molar-refractivity contribution in [2.24, 2.45) is 5.73 Å². The maximum atomic E-state index is 12.3. The van der Waals surface area contributed by atoms with Crippen molar-refractivity contribution in [1.29, 1.82) is 0 Å². The molecule has 2 rings (SSSR count). The second-order valence-corrected chi connectivity index (χ2v) is 6.55. The van der Waals surface area contributed by atoms with Crippen LogP contribution < -0.4 is 11.1 Å². The first-order chi connectivity index (χ1) is 9.61. The van der Waals surface area contributed by atoms with E-state index in [0.717, 1.165) is 10.4 Å². The largest absolute Gasteiger partial charge is 0.344 e. The number of aryl methyl sites for hydroxylation is 1. The third-order valence-corrected chi connectivity index (χ3v) is 4.83. The standard InChI is InChI=1S/C15H16N2OS2/c1-10-5-6-13(20-10)11(2)17-15(18)14-12(4-3-8-16)7-9-19-14/h5-7,9,11H,8,16H2,1-2H3,(H,17,18). The number of thiophene rings is 2. The lowest BCUT2D eigenvalue weighted by Crippen LogP contribution is -2.25. The summed E-state index contributed by atoms with van der Waals surface area (Å²) in [7, 11) is 0. The topological polar surface area (TPSA) is 55.1 Å². The number of amides is 1.